The molecule has 2 amide bonds. The average molecular weight is 276 g/mol. The summed E-state index contributed by atoms with van der Waals surface area (Å²) < 4.78 is 12.6. The van der Waals surface area contributed by atoms with Crippen molar-refractivity contribution in [2.24, 2.45) is 0 Å². The summed E-state index contributed by atoms with van der Waals surface area (Å²) >= 11 is 0. The molecule has 0 atom stereocenters. The van der Waals surface area contributed by atoms with Crippen LogP contribution in [0.5, 0.6) is 0 Å². The Balaban J connectivity index is 2.09. The largest absolute Gasteiger partial charge is 0.341 e. The molecule has 0 fully saturated rings. The second-order valence-electron chi connectivity index (χ2n) is 4.72. The summed E-state index contributed by atoms with van der Waals surface area (Å²) in [5, 5.41) is 2.23. The van der Waals surface area contributed by atoms with E-state index in [1.54, 1.807) is 4.90 Å². The van der Waals surface area contributed by atoms with Crippen LogP contribution in [0.25, 0.3) is 0 Å². The minimum absolute atomic E-state index is 0.226. The van der Waals surface area contributed by atoms with Gasteiger partial charge in [0.25, 0.3) is 5.91 Å². The Hall–Kier alpha value is -2.17. The second-order valence-corrected chi connectivity index (χ2v) is 4.72. The molecule has 1 heterocycles. The van der Waals surface area contributed by atoms with Crippen LogP contribution in [0.1, 0.15) is 18.4 Å². The van der Waals surface area contributed by atoms with E-state index in [9.17, 15) is 14.0 Å². The Morgan fingerprint density at radius 1 is 1.30 bits per heavy atom. The molecule has 0 aliphatic carbocycles. The fraction of sp³-hybridized carbons (Fsp3) is 0.333. The van der Waals surface area contributed by atoms with Gasteiger partial charge in [-0.25, -0.2) is 4.39 Å². The Morgan fingerprint density at radius 2 is 2.05 bits per heavy atom. The first-order valence-corrected chi connectivity index (χ1v) is 6.60. The Morgan fingerprint density at radius 3 is 2.80 bits per heavy atom. The van der Waals surface area contributed by atoms with E-state index in [2.05, 4.69) is 11.9 Å². The fourth-order valence-electron chi connectivity index (χ4n) is 2.30. The Bertz CT molecular complexity index is 542. The maximum absolute atomic E-state index is 12.6. The average Bonchev–Trinajstić information content (AvgIpc) is 2.66. The van der Waals surface area contributed by atoms with Crippen molar-refractivity contribution in [1.82, 2.24) is 5.32 Å². The molecule has 20 heavy (non-hydrogen) atoms. The van der Waals surface area contributed by atoms with Crippen molar-refractivity contribution in [2.75, 3.05) is 18.0 Å². The number of para-hydroxylation sites is 1. The minimum atomic E-state index is -1.09. The SMILES string of the molecule is C=C(F)C(=O)NCC(=O)N1CCCCc2ccccc21. The number of carbonyl (C=O) groups excluding carboxylic acids is 2. The third kappa shape index (κ3) is 3.23. The molecule has 0 saturated heterocycles. The number of nitrogens with zero attached hydrogens (tertiary/aromatic N) is 1. The molecule has 106 valence electrons. The monoisotopic (exact) mass is 276 g/mol. The van der Waals surface area contributed by atoms with Gasteiger partial charge < -0.3 is 10.2 Å². The smallest absolute Gasteiger partial charge is 0.279 e. The highest BCUT2D eigenvalue weighted by Crippen LogP contribution is 2.25. The molecular weight excluding hydrogens is 259 g/mol. The van der Waals surface area contributed by atoms with Crippen molar-refractivity contribution in [1.29, 1.82) is 0 Å². The summed E-state index contributed by atoms with van der Waals surface area (Å²) in [5.41, 5.74) is 2.00. The van der Waals surface area contributed by atoms with Crippen molar-refractivity contribution >= 4 is 17.5 Å². The molecule has 1 aliphatic rings. The summed E-state index contributed by atoms with van der Waals surface area (Å²) in [7, 11) is 0. The van der Waals surface area contributed by atoms with Crippen LogP contribution in [0.15, 0.2) is 36.7 Å². The van der Waals surface area contributed by atoms with Crippen molar-refractivity contribution in [3.8, 4) is 0 Å². The molecule has 1 aromatic rings. The molecular formula is C15H17FN2O2. The number of amides is 2. The van der Waals surface area contributed by atoms with E-state index in [4.69, 9.17) is 0 Å². The van der Waals surface area contributed by atoms with Gasteiger partial charge in [0.05, 0.1) is 6.54 Å². The van der Waals surface area contributed by atoms with Gasteiger partial charge in [-0.2, -0.15) is 0 Å². The molecule has 0 aromatic heterocycles. The van der Waals surface area contributed by atoms with Gasteiger partial charge in [0, 0.05) is 12.2 Å². The number of rotatable bonds is 3. The fourth-order valence-corrected chi connectivity index (χ4v) is 2.30. The first-order chi connectivity index (χ1) is 9.59. The van der Waals surface area contributed by atoms with E-state index < -0.39 is 11.7 Å². The quantitative estimate of drug-likeness (QED) is 0.858. The van der Waals surface area contributed by atoms with Crippen molar-refractivity contribution < 1.29 is 14.0 Å². The van der Waals surface area contributed by atoms with Gasteiger partial charge in [0.15, 0.2) is 5.83 Å². The van der Waals surface area contributed by atoms with Crippen LogP contribution in [-0.4, -0.2) is 24.9 Å². The van der Waals surface area contributed by atoms with Crippen LogP contribution >= 0.6 is 0 Å². The first kappa shape index (κ1) is 14.2. The number of aryl methyl sites for hydroxylation is 1. The topological polar surface area (TPSA) is 49.4 Å². The zero-order chi connectivity index (χ0) is 14.5. The highest BCUT2D eigenvalue weighted by molar-refractivity contribution is 5.99. The molecule has 1 aromatic carbocycles. The first-order valence-electron chi connectivity index (χ1n) is 6.60. The van der Waals surface area contributed by atoms with Gasteiger partial charge in [0.1, 0.15) is 0 Å². The number of fused-ring (bicyclic) bond motifs is 1. The number of benzene rings is 1. The maximum Gasteiger partial charge on any atom is 0.279 e. The predicted molar refractivity (Wildman–Crippen MR) is 75.0 cm³/mol. The minimum Gasteiger partial charge on any atom is -0.341 e. The molecule has 0 spiro atoms. The predicted octanol–water partition coefficient (Wildman–Crippen LogP) is 1.96. The standard InChI is InChI=1S/C15H17FN2O2/c1-11(16)15(20)17-10-14(19)18-9-5-4-7-12-6-2-3-8-13(12)18/h2-3,6,8H,1,4-5,7,9-10H2,(H,17,20). The summed E-state index contributed by atoms with van der Waals surface area (Å²) in [5.74, 6) is -2.27. The van der Waals surface area contributed by atoms with Gasteiger partial charge in [-0.3, -0.25) is 9.59 Å². The van der Waals surface area contributed by atoms with Crippen LogP contribution in [0.2, 0.25) is 0 Å². The third-order valence-electron chi connectivity index (χ3n) is 3.31. The molecule has 1 N–H and O–H groups in total. The van der Waals surface area contributed by atoms with Gasteiger partial charge in [-0.1, -0.05) is 24.8 Å². The number of carbonyl (C=O) groups is 2. The van der Waals surface area contributed by atoms with Gasteiger partial charge in [-0.15, -0.1) is 0 Å². The normalized spacial score (nSPS) is 14.2. The number of anilines is 1. The van der Waals surface area contributed by atoms with E-state index in [0.717, 1.165) is 30.5 Å². The van der Waals surface area contributed by atoms with E-state index in [-0.39, 0.29) is 12.5 Å². The molecule has 0 bridgehead atoms. The molecule has 0 unspecified atom stereocenters. The van der Waals surface area contributed by atoms with Crippen molar-refractivity contribution in [3.05, 3.63) is 42.2 Å². The third-order valence-corrected chi connectivity index (χ3v) is 3.31. The van der Waals surface area contributed by atoms with Crippen LogP contribution in [0.4, 0.5) is 10.1 Å². The van der Waals surface area contributed by atoms with Crippen LogP contribution < -0.4 is 10.2 Å². The highest BCUT2D eigenvalue weighted by Gasteiger charge is 2.21. The summed E-state index contributed by atoms with van der Waals surface area (Å²) in [6.45, 7) is 3.28. The molecule has 0 radical (unpaired) electrons. The van der Waals surface area contributed by atoms with Crippen LogP contribution in [0, 0.1) is 0 Å². The summed E-state index contributed by atoms with van der Waals surface area (Å²) in [4.78, 5) is 24.9. The lowest BCUT2D eigenvalue weighted by Crippen LogP contribution is -2.40. The molecule has 2 rings (SSSR count). The van der Waals surface area contributed by atoms with Gasteiger partial charge >= 0.3 is 0 Å². The lowest BCUT2D eigenvalue weighted by atomic mass is 10.1. The van der Waals surface area contributed by atoms with Gasteiger partial charge in [0.2, 0.25) is 5.91 Å². The number of hydrogen-bond acceptors (Lipinski definition) is 2. The number of hydrogen-bond donors (Lipinski definition) is 1. The zero-order valence-electron chi connectivity index (χ0n) is 11.2. The zero-order valence-corrected chi connectivity index (χ0v) is 11.2. The van der Waals surface area contributed by atoms with Crippen molar-refractivity contribution in [2.45, 2.75) is 19.3 Å². The van der Waals surface area contributed by atoms with E-state index in [1.807, 2.05) is 24.3 Å². The lowest BCUT2D eigenvalue weighted by molar-refractivity contribution is -0.123. The van der Waals surface area contributed by atoms with Gasteiger partial charge in [-0.05, 0) is 30.9 Å². The van der Waals surface area contributed by atoms with E-state index in [1.165, 1.54) is 0 Å². The maximum atomic E-state index is 12.6. The number of nitrogens with one attached hydrogen (secondary N) is 1. The summed E-state index contributed by atoms with van der Waals surface area (Å²) in [6, 6.07) is 7.73. The van der Waals surface area contributed by atoms with E-state index >= 15 is 0 Å². The molecule has 1 aliphatic heterocycles. The molecule has 4 nitrogen and oxygen atoms in total. The van der Waals surface area contributed by atoms with Crippen LogP contribution in [-0.2, 0) is 16.0 Å². The Labute approximate surface area is 117 Å². The van der Waals surface area contributed by atoms with E-state index in [0.29, 0.717) is 6.54 Å². The molecule has 5 heteroatoms. The highest BCUT2D eigenvalue weighted by atomic mass is 19.1. The molecule has 0 saturated carbocycles. The summed E-state index contributed by atoms with van der Waals surface area (Å²) in [6.07, 6.45) is 2.87. The number of halogens is 1. The van der Waals surface area contributed by atoms with Crippen LogP contribution in [0.3, 0.4) is 0 Å². The second kappa shape index (κ2) is 6.32. The van der Waals surface area contributed by atoms with Crippen molar-refractivity contribution in [3.63, 3.8) is 0 Å². The lowest BCUT2D eigenvalue weighted by Gasteiger charge is -2.23. The Kier molecular flexibility index (Phi) is 4.50.